The molecule has 0 aliphatic heterocycles. The molecule has 6 heteroatoms. The molecule has 18 heavy (non-hydrogen) atoms. The second kappa shape index (κ2) is 6.79. The van der Waals surface area contributed by atoms with Crippen LogP contribution in [0.3, 0.4) is 0 Å². The Bertz CT molecular complexity index is 496. The number of hydrogen-bond acceptors (Lipinski definition) is 5. The molecule has 5 nitrogen and oxygen atoms in total. The Hall–Kier alpha value is -1.84. The first-order chi connectivity index (χ1) is 8.60. The Balaban J connectivity index is 2.72. The van der Waals surface area contributed by atoms with Crippen LogP contribution in [0.2, 0.25) is 0 Å². The number of Topliss-reactive ketones (excluding diaryl/α,β-unsaturated/α-hetero) is 1. The molecule has 1 aromatic carbocycles. The van der Waals surface area contributed by atoms with Gasteiger partial charge in [0.15, 0.2) is 5.78 Å². The zero-order chi connectivity index (χ0) is 13.5. The Morgan fingerprint density at radius 2 is 2.11 bits per heavy atom. The van der Waals surface area contributed by atoms with E-state index < -0.39 is 12.0 Å². The van der Waals surface area contributed by atoms with E-state index in [1.807, 2.05) is 6.07 Å². The van der Waals surface area contributed by atoms with Gasteiger partial charge < -0.3 is 5.11 Å². The van der Waals surface area contributed by atoms with Crippen LogP contribution in [0.5, 0.6) is 0 Å². The summed E-state index contributed by atoms with van der Waals surface area (Å²) in [4.78, 5) is 22.6. The van der Waals surface area contributed by atoms with Gasteiger partial charge in [0, 0.05) is 11.3 Å². The van der Waals surface area contributed by atoms with Crippen molar-refractivity contribution in [3.05, 3.63) is 35.4 Å². The fraction of sp³-hybridized carbons (Fsp3) is 0.250. The van der Waals surface area contributed by atoms with Crippen LogP contribution in [-0.4, -0.2) is 35.2 Å². The van der Waals surface area contributed by atoms with Crippen LogP contribution in [0.1, 0.15) is 15.9 Å². The topological polar surface area (TPSA) is 90.2 Å². The molecule has 1 rings (SSSR count). The van der Waals surface area contributed by atoms with Gasteiger partial charge in [0.05, 0.1) is 18.2 Å². The molecule has 0 bridgehead atoms. The van der Waals surface area contributed by atoms with Crippen molar-refractivity contribution < 1.29 is 14.7 Å². The zero-order valence-corrected chi connectivity index (χ0v) is 10.4. The summed E-state index contributed by atoms with van der Waals surface area (Å²) in [6.07, 6.45) is 0. The third-order valence-corrected chi connectivity index (χ3v) is 2.70. The number of benzene rings is 1. The highest BCUT2D eigenvalue weighted by Gasteiger charge is 2.17. The van der Waals surface area contributed by atoms with Gasteiger partial charge in [-0.3, -0.25) is 14.9 Å². The first kappa shape index (κ1) is 14.2. The Labute approximate surface area is 110 Å². The first-order valence-corrected chi connectivity index (χ1v) is 5.82. The first-order valence-electron chi connectivity index (χ1n) is 5.19. The predicted molar refractivity (Wildman–Crippen MR) is 68.8 cm³/mol. The summed E-state index contributed by atoms with van der Waals surface area (Å²) >= 11 is 3.88. The standard InChI is InChI=1S/C12H12N2O3S/c13-5-8-3-1-2-4-9(8)11(15)6-14-10(7-18)12(16)17/h1-4,10,14,18H,6-7H2,(H,16,17)/t10-/m1/s1. The number of thiol groups is 1. The van der Waals surface area contributed by atoms with Gasteiger partial charge in [0.25, 0.3) is 0 Å². The summed E-state index contributed by atoms with van der Waals surface area (Å²) in [6.45, 7) is -0.143. The lowest BCUT2D eigenvalue weighted by molar-refractivity contribution is -0.138. The monoisotopic (exact) mass is 264 g/mol. The Morgan fingerprint density at radius 3 is 2.67 bits per heavy atom. The summed E-state index contributed by atoms with van der Waals surface area (Å²) in [5.74, 6) is -1.30. The third kappa shape index (κ3) is 3.58. The number of carboxylic acid groups (broad SMARTS) is 1. The molecule has 0 aliphatic carbocycles. The predicted octanol–water partition coefficient (Wildman–Crippen LogP) is 0.714. The number of carboxylic acids is 1. The average molecular weight is 264 g/mol. The van der Waals surface area contributed by atoms with Gasteiger partial charge in [0.2, 0.25) is 0 Å². The number of nitriles is 1. The number of nitrogens with zero attached hydrogens (tertiary/aromatic N) is 1. The molecule has 0 spiro atoms. The molecule has 94 valence electrons. The molecule has 1 aromatic rings. The number of carbonyl (C=O) groups excluding carboxylic acids is 1. The van der Waals surface area contributed by atoms with Gasteiger partial charge in [0.1, 0.15) is 6.04 Å². The molecule has 0 heterocycles. The van der Waals surface area contributed by atoms with Crippen LogP contribution in [0.25, 0.3) is 0 Å². The summed E-state index contributed by atoms with van der Waals surface area (Å²) in [6, 6.07) is 7.44. The van der Waals surface area contributed by atoms with Gasteiger partial charge >= 0.3 is 5.97 Å². The van der Waals surface area contributed by atoms with Crippen LogP contribution in [0, 0.1) is 11.3 Å². The van der Waals surface area contributed by atoms with E-state index in [4.69, 9.17) is 10.4 Å². The highest BCUT2D eigenvalue weighted by atomic mass is 32.1. The van der Waals surface area contributed by atoms with Crippen LogP contribution < -0.4 is 5.32 Å². The van der Waals surface area contributed by atoms with E-state index in [0.717, 1.165) is 0 Å². The molecular weight excluding hydrogens is 252 g/mol. The SMILES string of the molecule is N#Cc1ccccc1C(=O)CN[C@H](CS)C(=O)O. The van der Waals surface area contributed by atoms with E-state index in [9.17, 15) is 9.59 Å². The van der Waals surface area contributed by atoms with E-state index in [1.165, 1.54) is 0 Å². The molecule has 0 aromatic heterocycles. The van der Waals surface area contributed by atoms with Crippen LogP contribution in [0.15, 0.2) is 24.3 Å². The molecule has 0 aliphatic rings. The molecule has 0 saturated heterocycles. The number of ketones is 1. The minimum atomic E-state index is -1.06. The highest BCUT2D eigenvalue weighted by Crippen LogP contribution is 2.07. The number of carbonyl (C=O) groups is 2. The minimum Gasteiger partial charge on any atom is -0.480 e. The number of rotatable bonds is 6. The van der Waals surface area contributed by atoms with Gasteiger partial charge in [-0.15, -0.1) is 0 Å². The molecular formula is C12H12N2O3S. The fourth-order valence-corrected chi connectivity index (χ4v) is 1.65. The molecule has 1 atom stereocenters. The largest absolute Gasteiger partial charge is 0.480 e. The molecule has 0 radical (unpaired) electrons. The Kier molecular flexibility index (Phi) is 5.36. The maximum Gasteiger partial charge on any atom is 0.321 e. The van der Waals surface area contributed by atoms with Gasteiger partial charge in [-0.1, -0.05) is 18.2 Å². The zero-order valence-electron chi connectivity index (χ0n) is 9.46. The Morgan fingerprint density at radius 1 is 1.44 bits per heavy atom. The maximum atomic E-state index is 11.8. The van der Waals surface area contributed by atoms with Gasteiger partial charge in [-0.25, -0.2) is 0 Å². The summed E-state index contributed by atoms with van der Waals surface area (Å²) in [5.41, 5.74) is 0.567. The van der Waals surface area contributed by atoms with E-state index >= 15 is 0 Å². The van der Waals surface area contributed by atoms with Crippen molar-refractivity contribution in [1.82, 2.24) is 5.32 Å². The van der Waals surface area contributed by atoms with E-state index in [1.54, 1.807) is 24.3 Å². The lowest BCUT2D eigenvalue weighted by Gasteiger charge is -2.11. The van der Waals surface area contributed by atoms with Crippen LogP contribution in [0.4, 0.5) is 0 Å². The van der Waals surface area contributed by atoms with Crippen molar-refractivity contribution in [3.8, 4) is 6.07 Å². The van der Waals surface area contributed by atoms with Crippen molar-refractivity contribution in [2.24, 2.45) is 0 Å². The second-order valence-corrected chi connectivity index (χ2v) is 3.90. The van der Waals surface area contributed by atoms with E-state index in [-0.39, 0.29) is 29.2 Å². The van der Waals surface area contributed by atoms with Gasteiger partial charge in [-0.05, 0) is 6.07 Å². The van der Waals surface area contributed by atoms with E-state index in [2.05, 4.69) is 17.9 Å². The van der Waals surface area contributed by atoms with Crippen molar-refractivity contribution in [1.29, 1.82) is 5.26 Å². The molecule has 0 saturated carbocycles. The molecule has 0 unspecified atom stereocenters. The normalized spacial score (nSPS) is 11.6. The van der Waals surface area contributed by atoms with Gasteiger partial charge in [-0.2, -0.15) is 17.9 Å². The number of aliphatic carboxylic acids is 1. The van der Waals surface area contributed by atoms with Crippen molar-refractivity contribution in [2.45, 2.75) is 6.04 Å². The minimum absolute atomic E-state index is 0.0858. The molecule has 0 amide bonds. The van der Waals surface area contributed by atoms with Crippen LogP contribution in [-0.2, 0) is 4.79 Å². The summed E-state index contributed by atoms with van der Waals surface area (Å²) in [7, 11) is 0. The smallest absolute Gasteiger partial charge is 0.321 e. The van der Waals surface area contributed by atoms with Crippen LogP contribution >= 0.6 is 12.6 Å². The lowest BCUT2D eigenvalue weighted by atomic mass is 10.0. The number of nitrogens with one attached hydrogen (secondary N) is 1. The fourth-order valence-electron chi connectivity index (χ4n) is 1.36. The lowest BCUT2D eigenvalue weighted by Crippen LogP contribution is -2.41. The highest BCUT2D eigenvalue weighted by molar-refractivity contribution is 7.80. The molecule has 2 N–H and O–H groups in total. The molecule has 0 fully saturated rings. The maximum absolute atomic E-state index is 11.8. The summed E-state index contributed by atoms with van der Waals surface area (Å²) in [5, 5.41) is 20.2. The van der Waals surface area contributed by atoms with Crippen molar-refractivity contribution in [2.75, 3.05) is 12.3 Å². The van der Waals surface area contributed by atoms with E-state index in [0.29, 0.717) is 0 Å². The third-order valence-electron chi connectivity index (χ3n) is 2.34. The summed E-state index contributed by atoms with van der Waals surface area (Å²) < 4.78 is 0. The van der Waals surface area contributed by atoms with Crippen molar-refractivity contribution >= 4 is 24.4 Å². The number of hydrogen-bond donors (Lipinski definition) is 3. The average Bonchev–Trinajstić information content (AvgIpc) is 2.38. The van der Waals surface area contributed by atoms with Crippen molar-refractivity contribution in [3.63, 3.8) is 0 Å². The second-order valence-electron chi connectivity index (χ2n) is 3.53. The quantitative estimate of drug-likeness (QED) is 0.520.